The van der Waals surface area contributed by atoms with E-state index in [1.807, 2.05) is 84.9 Å². The molecule has 0 aliphatic carbocycles. The molecule has 1 amide bonds. The highest BCUT2D eigenvalue weighted by atomic mass is 16.5. The minimum atomic E-state index is -0.659. The number of methoxy groups -OCH3 is 2. The van der Waals surface area contributed by atoms with Gasteiger partial charge in [0.15, 0.2) is 0 Å². The van der Waals surface area contributed by atoms with Gasteiger partial charge < -0.3 is 19.1 Å². The molecule has 0 spiro atoms. The third kappa shape index (κ3) is 6.64. The standard InChI is InChI=1S/C31H27NO6/c1-36-30(34)25-17-24(18-26(19-25)31(35)37-2)29(33)32(20-22-9-5-3-6-10-22)21-23-13-15-28(16-14-23)38-27-11-7-4-8-12-27/h3-19H,20-21H2,1-2H3. The van der Waals surface area contributed by atoms with Crippen LogP contribution in [0.5, 0.6) is 11.5 Å². The molecule has 4 rings (SSSR count). The summed E-state index contributed by atoms with van der Waals surface area (Å²) in [7, 11) is 2.48. The van der Waals surface area contributed by atoms with E-state index < -0.39 is 11.9 Å². The van der Waals surface area contributed by atoms with Crippen LogP contribution in [0.25, 0.3) is 0 Å². The minimum absolute atomic E-state index is 0.0841. The van der Waals surface area contributed by atoms with E-state index in [4.69, 9.17) is 14.2 Å². The Labute approximate surface area is 221 Å². The number of carbonyl (C=O) groups excluding carboxylic acids is 3. The molecule has 0 saturated carbocycles. The Kier molecular flexibility index (Phi) is 8.51. The van der Waals surface area contributed by atoms with Gasteiger partial charge in [-0.2, -0.15) is 0 Å². The molecule has 0 fully saturated rings. The summed E-state index contributed by atoms with van der Waals surface area (Å²) in [6, 6.07) is 30.7. The van der Waals surface area contributed by atoms with Crippen LogP contribution in [-0.4, -0.2) is 37.0 Å². The first kappa shape index (κ1) is 26.2. The summed E-state index contributed by atoms with van der Waals surface area (Å²) in [6.45, 7) is 0.604. The summed E-state index contributed by atoms with van der Waals surface area (Å²) in [5, 5.41) is 0. The topological polar surface area (TPSA) is 82.1 Å². The lowest BCUT2D eigenvalue weighted by Crippen LogP contribution is -2.30. The van der Waals surface area contributed by atoms with E-state index in [9.17, 15) is 14.4 Å². The number of hydrogen-bond donors (Lipinski definition) is 0. The molecule has 0 N–H and O–H groups in total. The monoisotopic (exact) mass is 509 g/mol. The summed E-state index contributed by atoms with van der Waals surface area (Å²) in [5.74, 6) is -0.265. The predicted octanol–water partition coefficient (Wildman–Crippen LogP) is 5.89. The van der Waals surface area contributed by atoms with Gasteiger partial charge in [0, 0.05) is 18.7 Å². The third-order valence-electron chi connectivity index (χ3n) is 5.80. The van der Waals surface area contributed by atoms with Gasteiger partial charge in [0.2, 0.25) is 0 Å². The fourth-order valence-electron chi connectivity index (χ4n) is 3.92. The molecule has 4 aromatic rings. The van der Waals surface area contributed by atoms with E-state index >= 15 is 0 Å². The molecule has 7 nitrogen and oxygen atoms in total. The van der Waals surface area contributed by atoms with Gasteiger partial charge in [-0.25, -0.2) is 9.59 Å². The number of ether oxygens (including phenoxy) is 3. The highest BCUT2D eigenvalue weighted by Crippen LogP contribution is 2.23. The first-order chi connectivity index (χ1) is 18.5. The molecular weight excluding hydrogens is 482 g/mol. The SMILES string of the molecule is COC(=O)c1cc(C(=O)OC)cc(C(=O)N(Cc2ccccc2)Cc2ccc(Oc3ccccc3)cc2)c1. The third-order valence-corrected chi connectivity index (χ3v) is 5.80. The molecule has 0 radical (unpaired) electrons. The lowest BCUT2D eigenvalue weighted by atomic mass is 10.0. The zero-order valence-electron chi connectivity index (χ0n) is 21.1. The highest BCUT2D eigenvalue weighted by Gasteiger charge is 2.22. The van der Waals surface area contributed by atoms with Crippen molar-refractivity contribution in [3.63, 3.8) is 0 Å². The number of hydrogen-bond acceptors (Lipinski definition) is 6. The van der Waals surface area contributed by atoms with E-state index in [0.29, 0.717) is 12.3 Å². The Morgan fingerprint density at radius 3 is 1.55 bits per heavy atom. The maximum absolute atomic E-state index is 13.8. The van der Waals surface area contributed by atoms with Crippen LogP contribution in [-0.2, 0) is 22.6 Å². The Morgan fingerprint density at radius 1 is 0.579 bits per heavy atom. The molecule has 0 aromatic heterocycles. The van der Waals surface area contributed by atoms with Gasteiger partial charge in [-0.05, 0) is 53.6 Å². The van der Waals surface area contributed by atoms with Gasteiger partial charge in [0.25, 0.3) is 5.91 Å². The van der Waals surface area contributed by atoms with Gasteiger partial charge in [0.05, 0.1) is 25.3 Å². The maximum Gasteiger partial charge on any atom is 0.337 e. The molecule has 38 heavy (non-hydrogen) atoms. The number of carbonyl (C=O) groups is 3. The van der Waals surface area contributed by atoms with E-state index in [-0.39, 0.29) is 29.1 Å². The van der Waals surface area contributed by atoms with E-state index in [2.05, 4.69) is 0 Å². The minimum Gasteiger partial charge on any atom is -0.465 e. The van der Waals surface area contributed by atoms with Crippen LogP contribution in [0.15, 0.2) is 103 Å². The van der Waals surface area contributed by atoms with Crippen molar-refractivity contribution < 1.29 is 28.6 Å². The summed E-state index contributed by atoms with van der Waals surface area (Å²) in [6.07, 6.45) is 0. The zero-order valence-corrected chi connectivity index (χ0v) is 21.1. The number of nitrogens with zero attached hydrogens (tertiary/aromatic N) is 1. The van der Waals surface area contributed by atoms with Crippen LogP contribution in [0.4, 0.5) is 0 Å². The lowest BCUT2D eigenvalue weighted by molar-refractivity contribution is 0.0599. The van der Waals surface area contributed by atoms with Crippen LogP contribution < -0.4 is 4.74 Å². The summed E-state index contributed by atoms with van der Waals surface area (Å²) >= 11 is 0. The van der Waals surface area contributed by atoms with E-state index in [1.165, 1.54) is 32.4 Å². The fraction of sp³-hybridized carbons (Fsp3) is 0.129. The van der Waals surface area contributed by atoms with Crippen molar-refractivity contribution in [3.05, 3.63) is 131 Å². The molecule has 0 aliphatic rings. The van der Waals surface area contributed by atoms with Crippen molar-refractivity contribution in [2.75, 3.05) is 14.2 Å². The molecule has 0 unspecified atom stereocenters. The second-order valence-corrected chi connectivity index (χ2v) is 8.49. The van der Waals surface area contributed by atoms with Gasteiger partial charge in [0.1, 0.15) is 11.5 Å². The molecule has 0 atom stereocenters. The van der Waals surface area contributed by atoms with Crippen LogP contribution >= 0.6 is 0 Å². The molecular formula is C31H27NO6. The molecule has 0 saturated heterocycles. The second-order valence-electron chi connectivity index (χ2n) is 8.49. The van der Waals surface area contributed by atoms with Crippen molar-refractivity contribution in [2.24, 2.45) is 0 Å². The lowest BCUT2D eigenvalue weighted by Gasteiger charge is -2.24. The summed E-state index contributed by atoms with van der Waals surface area (Å²) in [4.78, 5) is 39.9. The first-order valence-corrected chi connectivity index (χ1v) is 11.9. The van der Waals surface area contributed by atoms with Crippen LogP contribution in [0.3, 0.4) is 0 Å². The normalized spacial score (nSPS) is 10.4. The van der Waals surface area contributed by atoms with Crippen molar-refractivity contribution >= 4 is 17.8 Å². The van der Waals surface area contributed by atoms with Crippen LogP contribution in [0.2, 0.25) is 0 Å². The van der Waals surface area contributed by atoms with Crippen molar-refractivity contribution in [1.82, 2.24) is 4.90 Å². The number of benzene rings is 4. The van der Waals surface area contributed by atoms with Gasteiger partial charge in [-0.1, -0.05) is 60.7 Å². The smallest absolute Gasteiger partial charge is 0.337 e. The molecule has 192 valence electrons. The molecule has 7 heteroatoms. The molecule has 4 aromatic carbocycles. The van der Waals surface area contributed by atoms with Crippen molar-refractivity contribution in [2.45, 2.75) is 13.1 Å². The maximum atomic E-state index is 13.8. The Bertz CT molecular complexity index is 1370. The first-order valence-electron chi connectivity index (χ1n) is 11.9. The highest BCUT2D eigenvalue weighted by molar-refractivity contribution is 6.02. The quantitative estimate of drug-likeness (QED) is 0.262. The van der Waals surface area contributed by atoms with Gasteiger partial charge in [-0.3, -0.25) is 4.79 Å². The number of amides is 1. The number of rotatable bonds is 9. The van der Waals surface area contributed by atoms with Gasteiger partial charge in [-0.15, -0.1) is 0 Å². The van der Waals surface area contributed by atoms with Crippen molar-refractivity contribution in [1.29, 1.82) is 0 Å². The summed E-state index contributed by atoms with van der Waals surface area (Å²) < 4.78 is 15.5. The Balaban J connectivity index is 1.63. The second kappa shape index (κ2) is 12.4. The Morgan fingerprint density at radius 2 is 1.03 bits per heavy atom. The molecule has 0 aliphatic heterocycles. The Hall–Kier alpha value is -4.91. The van der Waals surface area contributed by atoms with Crippen LogP contribution in [0.1, 0.15) is 42.2 Å². The zero-order chi connectivity index (χ0) is 26.9. The fourth-order valence-corrected chi connectivity index (χ4v) is 3.92. The molecule has 0 heterocycles. The van der Waals surface area contributed by atoms with Gasteiger partial charge >= 0.3 is 11.9 Å². The largest absolute Gasteiger partial charge is 0.465 e. The number of esters is 2. The average molecular weight is 510 g/mol. The van der Waals surface area contributed by atoms with E-state index in [0.717, 1.165) is 16.9 Å². The predicted molar refractivity (Wildman–Crippen MR) is 142 cm³/mol. The summed E-state index contributed by atoms with van der Waals surface area (Å²) in [5.41, 5.74) is 2.16. The molecule has 0 bridgehead atoms. The number of para-hydroxylation sites is 1. The van der Waals surface area contributed by atoms with E-state index in [1.54, 1.807) is 4.90 Å². The average Bonchev–Trinajstić information content (AvgIpc) is 2.97. The van der Waals surface area contributed by atoms with Crippen LogP contribution in [0, 0.1) is 0 Å². The van der Waals surface area contributed by atoms with Crippen molar-refractivity contribution in [3.8, 4) is 11.5 Å².